The van der Waals surface area contributed by atoms with Crippen LogP contribution < -0.4 is 5.62 Å². The maximum absolute atomic E-state index is 8.52. The van der Waals surface area contributed by atoms with Gasteiger partial charge in [-0.25, -0.2) is 0 Å². The normalized spacial score (nSPS) is 15.7. The third-order valence-corrected chi connectivity index (χ3v) is 4.58. The van der Waals surface area contributed by atoms with E-state index in [9.17, 15) is 0 Å². The van der Waals surface area contributed by atoms with E-state index in [1.54, 1.807) is 7.11 Å². The zero-order valence-corrected chi connectivity index (χ0v) is 14.6. The van der Waals surface area contributed by atoms with Gasteiger partial charge in [-0.2, -0.15) is 0 Å². The molecule has 5 nitrogen and oxygen atoms in total. The average molecular weight is 339 g/mol. The summed E-state index contributed by atoms with van der Waals surface area (Å²) in [5, 5.41) is 8.52. The van der Waals surface area contributed by atoms with Gasteiger partial charge in [0.2, 0.25) is 5.62 Å². The van der Waals surface area contributed by atoms with E-state index in [2.05, 4.69) is 32.2 Å². The first-order valence-electron chi connectivity index (χ1n) is 8.25. The predicted octanol–water partition coefficient (Wildman–Crippen LogP) is 2.48. The van der Waals surface area contributed by atoms with Gasteiger partial charge in [0, 0.05) is 26.7 Å². The van der Waals surface area contributed by atoms with Crippen LogP contribution in [-0.2, 0) is 17.8 Å². The molecule has 23 heavy (non-hydrogen) atoms. The van der Waals surface area contributed by atoms with E-state index >= 15 is 0 Å². The molecule has 2 heterocycles. The van der Waals surface area contributed by atoms with Crippen molar-refractivity contribution in [2.75, 3.05) is 33.4 Å². The highest BCUT2D eigenvalue weighted by molar-refractivity contribution is 5.85. The number of aromatic nitrogens is 2. The van der Waals surface area contributed by atoms with Gasteiger partial charge in [-0.1, -0.05) is 18.6 Å². The third-order valence-electron chi connectivity index (χ3n) is 4.58. The molecule has 3 rings (SSSR count). The average Bonchev–Trinajstić information content (AvgIpc) is 2.83. The van der Waals surface area contributed by atoms with E-state index in [-0.39, 0.29) is 12.4 Å². The van der Waals surface area contributed by atoms with E-state index in [1.165, 1.54) is 32.4 Å². The number of imidazole rings is 1. The van der Waals surface area contributed by atoms with Gasteiger partial charge in [0.15, 0.2) is 0 Å². The van der Waals surface area contributed by atoms with Crippen LogP contribution in [0.1, 0.15) is 19.3 Å². The summed E-state index contributed by atoms with van der Waals surface area (Å²) in [6.07, 6.45) is 3.99. The van der Waals surface area contributed by atoms with Gasteiger partial charge in [-0.3, -0.25) is 5.41 Å². The fraction of sp³-hybridized carbons (Fsp3) is 0.588. The molecule has 1 fully saturated rings. The summed E-state index contributed by atoms with van der Waals surface area (Å²) in [6, 6.07) is 8.31. The van der Waals surface area contributed by atoms with Crippen LogP contribution in [0.4, 0.5) is 0 Å². The van der Waals surface area contributed by atoms with Crippen LogP contribution in [0.15, 0.2) is 24.3 Å². The van der Waals surface area contributed by atoms with Gasteiger partial charge in [0.25, 0.3) is 0 Å². The van der Waals surface area contributed by atoms with Crippen molar-refractivity contribution in [1.82, 2.24) is 14.0 Å². The second-order valence-electron chi connectivity index (χ2n) is 6.01. The second-order valence-corrected chi connectivity index (χ2v) is 6.01. The molecule has 0 spiro atoms. The van der Waals surface area contributed by atoms with Gasteiger partial charge in [-0.15, -0.1) is 12.4 Å². The molecule has 1 aromatic carbocycles. The van der Waals surface area contributed by atoms with Crippen molar-refractivity contribution in [3.05, 3.63) is 29.9 Å². The highest BCUT2D eigenvalue weighted by atomic mass is 35.5. The lowest BCUT2D eigenvalue weighted by Gasteiger charge is -2.26. The number of hydrogen-bond acceptors (Lipinski definition) is 3. The highest BCUT2D eigenvalue weighted by Crippen LogP contribution is 2.14. The number of rotatable bonds is 6. The quantitative estimate of drug-likeness (QED) is 0.879. The summed E-state index contributed by atoms with van der Waals surface area (Å²) in [5.41, 5.74) is 2.86. The van der Waals surface area contributed by atoms with Crippen molar-refractivity contribution < 1.29 is 4.74 Å². The Labute approximate surface area is 143 Å². The molecule has 0 saturated carbocycles. The van der Waals surface area contributed by atoms with Crippen LogP contribution in [0, 0.1) is 5.41 Å². The largest absolute Gasteiger partial charge is 0.383 e. The van der Waals surface area contributed by atoms with Crippen LogP contribution in [0.3, 0.4) is 0 Å². The first-order valence-corrected chi connectivity index (χ1v) is 8.25. The zero-order chi connectivity index (χ0) is 15.4. The molecule has 6 heteroatoms. The lowest BCUT2D eigenvalue weighted by atomic mass is 10.1. The number of piperidine rings is 1. The summed E-state index contributed by atoms with van der Waals surface area (Å²) >= 11 is 0. The number of hydrogen-bond donors (Lipinski definition) is 1. The molecule has 1 aliphatic heterocycles. The summed E-state index contributed by atoms with van der Waals surface area (Å²) in [5.74, 6) is 0. The standard InChI is InChI=1S/C17H26N4O.ClH/c1-22-14-13-21-16-8-4-3-7-15(16)20(17(21)18)12-11-19-9-5-2-6-10-19;/h3-4,7-8,18H,2,5-6,9-14H2,1H3;1H. The molecule has 128 valence electrons. The molecule has 1 saturated heterocycles. The molecule has 0 atom stereocenters. The monoisotopic (exact) mass is 338 g/mol. The first kappa shape index (κ1) is 18.0. The molecule has 1 aliphatic rings. The van der Waals surface area contributed by atoms with Gasteiger partial charge in [0.05, 0.1) is 17.6 Å². The van der Waals surface area contributed by atoms with E-state index in [1.807, 2.05) is 6.07 Å². The molecule has 1 N–H and O–H groups in total. The van der Waals surface area contributed by atoms with Gasteiger partial charge in [-0.05, 0) is 38.1 Å². The SMILES string of the molecule is COCCn1c(=N)n(CCN2CCCCC2)c2ccccc21.Cl. The van der Waals surface area contributed by atoms with Crippen molar-refractivity contribution in [3.8, 4) is 0 Å². The summed E-state index contributed by atoms with van der Waals surface area (Å²) in [4.78, 5) is 2.53. The number of nitrogens with one attached hydrogen (secondary N) is 1. The summed E-state index contributed by atoms with van der Waals surface area (Å²) < 4.78 is 9.38. The Balaban J connectivity index is 0.00000192. The number of fused-ring (bicyclic) bond motifs is 1. The Bertz CT molecular complexity index is 673. The van der Waals surface area contributed by atoms with Crippen LogP contribution in [0.5, 0.6) is 0 Å². The van der Waals surface area contributed by atoms with E-state index in [4.69, 9.17) is 10.1 Å². The van der Waals surface area contributed by atoms with Crippen molar-refractivity contribution in [2.24, 2.45) is 0 Å². The third kappa shape index (κ3) is 3.97. The van der Waals surface area contributed by atoms with Crippen LogP contribution >= 0.6 is 12.4 Å². The van der Waals surface area contributed by atoms with Crippen LogP contribution in [0.25, 0.3) is 11.0 Å². The number of benzene rings is 1. The topological polar surface area (TPSA) is 46.2 Å². The van der Waals surface area contributed by atoms with Crippen molar-refractivity contribution >= 4 is 23.4 Å². The fourth-order valence-corrected chi connectivity index (χ4v) is 3.35. The number of likely N-dealkylation sites (tertiary alicyclic amines) is 1. The van der Waals surface area contributed by atoms with E-state index < -0.39 is 0 Å². The smallest absolute Gasteiger partial charge is 0.203 e. The Kier molecular flexibility index (Phi) is 6.69. The Morgan fingerprint density at radius 2 is 1.57 bits per heavy atom. The Morgan fingerprint density at radius 3 is 2.17 bits per heavy atom. The molecule has 0 unspecified atom stereocenters. The Hall–Kier alpha value is -1.30. The van der Waals surface area contributed by atoms with Crippen molar-refractivity contribution in [1.29, 1.82) is 5.41 Å². The van der Waals surface area contributed by atoms with E-state index in [0.717, 1.165) is 30.7 Å². The van der Waals surface area contributed by atoms with Crippen LogP contribution in [0.2, 0.25) is 0 Å². The van der Waals surface area contributed by atoms with Crippen molar-refractivity contribution in [3.63, 3.8) is 0 Å². The maximum Gasteiger partial charge on any atom is 0.203 e. The number of para-hydroxylation sites is 2. The van der Waals surface area contributed by atoms with Gasteiger partial charge in [0.1, 0.15) is 0 Å². The molecule has 0 aliphatic carbocycles. The molecular formula is C17H27ClN4O. The fourth-order valence-electron chi connectivity index (χ4n) is 3.35. The molecule has 0 amide bonds. The van der Waals surface area contributed by atoms with E-state index in [0.29, 0.717) is 12.2 Å². The lowest BCUT2D eigenvalue weighted by Crippen LogP contribution is -2.35. The minimum atomic E-state index is 0. The molecule has 2 aromatic rings. The second kappa shape index (κ2) is 8.52. The lowest BCUT2D eigenvalue weighted by molar-refractivity contribution is 0.186. The number of methoxy groups -OCH3 is 1. The van der Waals surface area contributed by atoms with Gasteiger partial charge >= 0.3 is 0 Å². The number of nitrogens with zero attached hydrogens (tertiary/aromatic N) is 3. The maximum atomic E-state index is 8.52. The minimum absolute atomic E-state index is 0. The minimum Gasteiger partial charge on any atom is -0.383 e. The molecule has 0 radical (unpaired) electrons. The summed E-state index contributed by atoms with van der Waals surface area (Å²) in [6.45, 7) is 5.70. The molecule has 1 aromatic heterocycles. The van der Waals surface area contributed by atoms with Crippen molar-refractivity contribution in [2.45, 2.75) is 32.4 Å². The zero-order valence-electron chi connectivity index (χ0n) is 13.8. The first-order chi connectivity index (χ1) is 10.8. The van der Waals surface area contributed by atoms with Gasteiger partial charge < -0.3 is 18.8 Å². The number of halogens is 1. The summed E-state index contributed by atoms with van der Waals surface area (Å²) in [7, 11) is 1.71. The predicted molar refractivity (Wildman–Crippen MR) is 95.2 cm³/mol. The molecular weight excluding hydrogens is 312 g/mol. The number of ether oxygens (including phenoxy) is 1. The van der Waals surface area contributed by atoms with Crippen LogP contribution in [-0.4, -0.2) is 47.4 Å². The highest BCUT2D eigenvalue weighted by Gasteiger charge is 2.13. The Morgan fingerprint density at radius 1 is 0.957 bits per heavy atom. The molecule has 0 bridgehead atoms.